The van der Waals surface area contributed by atoms with Crippen molar-refractivity contribution in [2.75, 3.05) is 10.8 Å². The van der Waals surface area contributed by atoms with Gasteiger partial charge in [0.15, 0.2) is 0 Å². The first-order valence-electron chi connectivity index (χ1n) is 13.9. The van der Waals surface area contributed by atoms with E-state index in [1.807, 2.05) is 19.1 Å². The molecule has 0 aliphatic heterocycles. The van der Waals surface area contributed by atoms with Gasteiger partial charge in [-0.05, 0) is 73.4 Å². The topological polar surface area (TPSA) is 86.8 Å². The number of hydrogen-bond acceptors (Lipinski definition) is 4. The highest BCUT2D eigenvalue weighted by Gasteiger charge is 2.34. The van der Waals surface area contributed by atoms with Gasteiger partial charge in [-0.2, -0.15) is 0 Å². The summed E-state index contributed by atoms with van der Waals surface area (Å²) in [6, 6.07) is 21.2. The van der Waals surface area contributed by atoms with E-state index in [2.05, 4.69) is 21.2 Å². The molecule has 4 rings (SSSR count). The van der Waals surface area contributed by atoms with Crippen molar-refractivity contribution in [1.82, 2.24) is 10.2 Å². The van der Waals surface area contributed by atoms with Gasteiger partial charge in [0, 0.05) is 22.1 Å². The zero-order valence-corrected chi connectivity index (χ0v) is 26.2. The third-order valence-electron chi connectivity index (χ3n) is 7.33. The summed E-state index contributed by atoms with van der Waals surface area (Å²) in [7, 11) is -4.10. The number of halogens is 2. The Kier molecular flexibility index (Phi) is 10.9. The summed E-state index contributed by atoms with van der Waals surface area (Å²) in [6.07, 6.45) is 5.50. The molecule has 1 aliphatic carbocycles. The van der Waals surface area contributed by atoms with Gasteiger partial charge in [-0.3, -0.25) is 13.9 Å². The summed E-state index contributed by atoms with van der Waals surface area (Å²) in [5.41, 5.74) is 1.13. The molecule has 1 atom stereocenters. The molecule has 0 spiro atoms. The number of nitrogens with one attached hydrogen (secondary N) is 1. The predicted molar refractivity (Wildman–Crippen MR) is 166 cm³/mol. The number of sulfonamides is 1. The lowest BCUT2D eigenvalue weighted by atomic mass is 9.95. The Morgan fingerprint density at radius 3 is 2.20 bits per heavy atom. The van der Waals surface area contributed by atoms with Gasteiger partial charge in [0.05, 0.1) is 10.6 Å². The maximum atomic E-state index is 14.1. The molecule has 0 radical (unpaired) electrons. The first-order chi connectivity index (χ1) is 19.7. The van der Waals surface area contributed by atoms with E-state index in [9.17, 15) is 18.0 Å². The zero-order chi connectivity index (χ0) is 29.4. The fraction of sp³-hybridized carbons (Fsp3) is 0.355. The third-order valence-corrected chi connectivity index (χ3v) is 9.90. The Balaban J connectivity index is 1.68. The summed E-state index contributed by atoms with van der Waals surface area (Å²) < 4.78 is 29.6. The average molecular weight is 661 g/mol. The second-order valence-electron chi connectivity index (χ2n) is 10.2. The van der Waals surface area contributed by atoms with Crippen LogP contribution in [0.15, 0.2) is 88.2 Å². The molecular formula is C31H35BrClN3O4S. The lowest BCUT2D eigenvalue weighted by Crippen LogP contribution is -2.54. The second-order valence-corrected chi connectivity index (χ2v) is 13.4. The zero-order valence-electron chi connectivity index (χ0n) is 23.0. The molecule has 3 aromatic rings. The molecular weight excluding hydrogens is 626 g/mol. The highest BCUT2D eigenvalue weighted by Crippen LogP contribution is 2.27. The van der Waals surface area contributed by atoms with Gasteiger partial charge in [-0.15, -0.1) is 0 Å². The van der Waals surface area contributed by atoms with Crippen LogP contribution in [0.5, 0.6) is 0 Å². The number of nitrogens with zero attached hydrogens (tertiary/aromatic N) is 2. The number of carbonyl (C=O) groups is 2. The van der Waals surface area contributed by atoms with Crippen molar-refractivity contribution in [3.8, 4) is 0 Å². The van der Waals surface area contributed by atoms with Crippen molar-refractivity contribution in [1.29, 1.82) is 0 Å². The summed E-state index contributed by atoms with van der Waals surface area (Å²) >= 11 is 9.49. The molecule has 0 unspecified atom stereocenters. The average Bonchev–Trinajstić information content (AvgIpc) is 2.98. The molecule has 1 aliphatic rings. The summed E-state index contributed by atoms with van der Waals surface area (Å²) in [5.74, 6) is -0.698. The van der Waals surface area contributed by atoms with Crippen LogP contribution in [0.2, 0.25) is 5.02 Å². The Morgan fingerprint density at radius 1 is 0.951 bits per heavy atom. The number of carbonyl (C=O) groups excluding carboxylic acids is 2. The normalized spacial score (nSPS) is 14.7. The van der Waals surface area contributed by atoms with E-state index in [0.29, 0.717) is 17.1 Å². The number of anilines is 1. The van der Waals surface area contributed by atoms with Gasteiger partial charge in [0.2, 0.25) is 11.8 Å². The molecule has 0 saturated heterocycles. The molecule has 2 amide bonds. The van der Waals surface area contributed by atoms with Crippen molar-refractivity contribution < 1.29 is 18.0 Å². The minimum absolute atomic E-state index is 0.0713. The Labute approximate surface area is 256 Å². The van der Waals surface area contributed by atoms with Crippen LogP contribution in [0.4, 0.5) is 5.69 Å². The Bertz CT molecular complexity index is 1410. The molecule has 218 valence electrons. The first-order valence-corrected chi connectivity index (χ1v) is 16.5. The van der Waals surface area contributed by atoms with Gasteiger partial charge in [-0.1, -0.05) is 84.0 Å². The molecule has 10 heteroatoms. The standard InChI is InChI=1S/C31H35BrClN3O4S/c1-2-29(31(38)34-26-9-5-3-6-10-26)35(21-23-13-17-25(33)18-14-23)30(37)22-36(27-19-15-24(32)16-20-27)41(39,40)28-11-7-4-8-12-28/h4,7-8,11-20,26,29H,2-3,5-6,9-10,21-22H2,1H3,(H,34,38)/t29-/m0/s1. The van der Waals surface area contributed by atoms with E-state index in [1.165, 1.54) is 17.0 Å². The van der Waals surface area contributed by atoms with Crippen molar-refractivity contribution in [2.24, 2.45) is 0 Å². The summed E-state index contributed by atoms with van der Waals surface area (Å²) in [5, 5.41) is 3.72. The maximum Gasteiger partial charge on any atom is 0.264 e. The maximum absolute atomic E-state index is 14.1. The molecule has 0 bridgehead atoms. The van der Waals surface area contributed by atoms with Gasteiger partial charge in [0.1, 0.15) is 12.6 Å². The highest BCUT2D eigenvalue weighted by atomic mass is 79.9. The van der Waals surface area contributed by atoms with Crippen LogP contribution in [-0.4, -0.2) is 43.8 Å². The molecule has 1 fully saturated rings. The highest BCUT2D eigenvalue weighted by molar-refractivity contribution is 9.10. The van der Waals surface area contributed by atoms with Crippen LogP contribution >= 0.6 is 27.5 Å². The largest absolute Gasteiger partial charge is 0.352 e. The van der Waals surface area contributed by atoms with E-state index in [1.54, 1.807) is 54.6 Å². The monoisotopic (exact) mass is 659 g/mol. The molecule has 1 N–H and O–H groups in total. The van der Waals surface area contributed by atoms with E-state index in [-0.39, 0.29) is 23.4 Å². The minimum atomic E-state index is -4.10. The van der Waals surface area contributed by atoms with Gasteiger partial charge in [0.25, 0.3) is 10.0 Å². The van der Waals surface area contributed by atoms with Crippen LogP contribution in [0.1, 0.15) is 51.0 Å². The quantitative estimate of drug-likeness (QED) is 0.253. The number of amides is 2. The van der Waals surface area contributed by atoms with Crippen molar-refractivity contribution in [3.63, 3.8) is 0 Å². The SMILES string of the molecule is CC[C@@H](C(=O)NC1CCCCC1)N(Cc1ccc(Cl)cc1)C(=O)CN(c1ccc(Br)cc1)S(=O)(=O)c1ccccc1. The minimum Gasteiger partial charge on any atom is -0.352 e. The van der Waals surface area contributed by atoms with Crippen molar-refractivity contribution in [2.45, 2.75) is 69.0 Å². The number of hydrogen-bond donors (Lipinski definition) is 1. The van der Waals surface area contributed by atoms with E-state index in [4.69, 9.17) is 11.6 Å². The fourth-order valence-corrected chi connectivity index (χ4v) is 6.93. The molecule has 0 heterocycles. The number of rotatable bonds is 11. The van der Waals surface area contributed by atoms with Crippen LogP contribution in [0, 0.1) is 0 Å². The van der Waals surface area contributed by atoms with Crippen molar-refractivity contribution in [3.05, 3.63) is 93.9 Å². The Morgan fingerprint density at radius 2 is 1.59 bits per heavy atom. The molecule has 1 saturated carbocycles. The summed E-state index contributed by atoms with van der Waals surface area (Å²) in [4.78, 5) is 29.3. The Hall–Kier alpha value is -2.88. The molecule has 41 heavy (non-hydrogen) atoms. The molecule has 0 aromatic heterocycles. The number of benzene rings is 3. The van der Waals surface area contributed by atoms with Crippen molar-refractivity contribution >= 4 is 55.1 Å². The first kappa shape index (κ1) is 31.1. The van der Waals surface area contributed by atoms with E-state index >= 15 is 0 Å². The molecule has 7 nitrogen and oxygen atoms in total. The van der Waals surface area contributed by atoms with Crippen LogP contribution in [0.3, 0.4) is 0 Å². The van der Waals surface area contributed by atoms with Gasteiger partial charge < -0.3 is 10.2 Å². The van der Waals surface area contributed by atoms with Crippen LogP contribution < -0.4 is 9.62 Å². The van der Waals surface area contributed by atoms with Gasteiger partial charge in [-0.25, -0.2) is 8.42 Å². The second kappa shape index (κ2) is 14.3. The lowest BCUT2D eigenvalue weighted by molar-refractivity contribution is -0.140. The summed E-state index contributed by atoms with van der Waals surface area (Å²) in [6.45, 7) is 1.52. The molecule has 3 aromatic carbocycles. The predicted octanol–water partition coefficient (Wildman–Crippen LogP) is 6.55. The van der Waals surface area contributed by atoms with E-state index < -0.39 is 28.5 Å². The smallest absolute Gasteiger partial charge is 0.264 e. The fourth-order valence-electron chi connectivity index (χ4n) is 5.11. The van der Waals surface area contributed by atoms with Crippen LogP contribution in [0.25, 0.3) is 0 Å². The third kappa shape index (κ3) is 8.11. The lowest BCUT2D eigenvalue weighted by Gasteiger charge is -2.34. The van der Waals surface area contributed by atoms with Gasteiger partial charge >= 0.3 is 0 Å². The van der Waals surface area contributed by atoms with E-state index in [0.717, 1.165) is 46.4 Å². The van der Waals surface area contributed by atoms with Crippen LogP contribution in [-0.2, 0) is 26.2 Å².